The summed E-state index contributed by atoms with van der Waals surface area (Å²) in [7, 11) is 0. The molecule has 0 aliphatic carbocycles. The molecule has 178 valence electrons. The minimum atomic E-state index is 0.343. The maximum atomic E-state index is 6.11. The molecule has 2 atom stereocenters. The number of fused-ring (bicyclic) bond motifs is 2. The topological polar surface area (TPSA) is 90.6 Å². The molecule has 5 heterocycles. The minimum Gasteiger partial charge on any atom is -0.453 e. The van der Waals surface area contributed by atoms with E-state index in [4.69, 9.17) is 9.40 Å². The molecule has 36 heavy (non-hydrogen) atoms. The Morgan fingerprint density at radius 1 is 0.750 bits per heavy atom. The van der Waals surface area contributed by atoms with E-state index >= 15 is 0 Å². The van der Waals surface area contributed by atoms with E-state index < -0.39 is 0 Å². The molecule has 3 N–H and O–H groups in total. The number of aromatic nitrogens is 2. The van der Waals surface area contributed by atoms with Crippen molar-refractivity contribution in [1.82, 2.24) is 20.6 Å². The van der Waals surface area contributed by atoms with Gasteiger partial charge in [-0.3, -0.25) is 15.0 Å². The van der Waals surface area contributed by atoms with Crippen LogP contribution in [0.2, 0.25) is 0 Å². The highest BCUT2D eigenvalue weighted by Gasteiger charge is 2.18. The van der Waals surface area contributed by atoms with Crippen molar-refractivity contribution < 1.29 is 4.42 Å². The van der Waals surface area contributed by atoms with Crippen molar-refractivity contribution in [2.45, 2.75) is 25.9 Å². The molecule has 0 saturated carbocycles. The summed E-state index contributed by atoms with van der Waals surface area (Å²) in [5, 5.41) is 9.01. The second kappa shape index (κ2) is 8.09. The van der Waals surface area contributed by atoms with E-state index in [0.29, 0.717) is 12.1 Å². The van der Waals surface area contributed by atoms with Gasteiger partial charge in [-0.2, -0.15) is 0 Å². The van der Waals surface area contributed by atoms with Gasteiger partial charge in [-0.1, -0.05) is 30.3 Å². The maximum absolute atomic E-state index is 6.11. The van der Waals surface area contributed by atoms with Crippen LogP contribution in [0.4, 0.5) is 0 Å². The van der Waals surface area contributed by atoms with E-state index in [1.165, 1.54) is 0 Å². The number of nitrogens with zero attached hydrogens (tertiary/aromatic N) is 3. The highest BCUT2D eigenvalue weighted by molar-refractivity contribution is 6.03. The van der Waals surface area contributed by atoms with Crippen molar-refractivity contribution in [3.05, 3.63) is 78.2 Å². The van der Waals surface area contributed by atoms with Crippen molar-refractivity contribution in [3.8, 4) is 22.5 Å². The van der Waals surface area contributed by atoms with Crippen LogP contribution in [0.25, 0.3) is 44.4 Å². The van der Waals surface area contributed by atoms with E-state index in [9.17, 15) is 0 Å². The number of aliphatic imine (C=N–C) groups is 2. The van der Waals surface area contributed by atoms with E-state index in [-0.39, 0.29) is 0 Å². The molecular weight excluding hydrogens is 448 g/mol. The molecule has 5 aromatic rings. The first-order valence-corrected chi connectivity index (χ1v) is 12.3. The zero-order chi connectivity index (χ0) is 24.2. The molecule has 0 fully saturated rings. The van der Waals surface area contributed by atoms with Gasteiger partial charge in [-0.15, -0.1) is 0 Å². The van der Waals surface area contributed by atoms with Crippen LogP contribution in [-0.2, 0) is 0 Å². The van der Waals surface area contributed by atoms with Crippen LogP contribution in [-0.4, -0.2) is 46.8 Å². The second-order valence-electron chi connectivity index (χ2n) is 9.75. The van der Waals surface area contributed by atoms with Gasteiger partial charge in [0.25, 0.3) is 0 Å². The molecular formula is C29H26N6O. The molecule has 2 aliphatic rings. The van der Waals surface area contributed by atoms with E-state index in [1.807, 2.05) is 12.3 Å². The lowest BCUT2D eigenvalue weighted by atomic mass is 10.1. The number of hydrogen-bond acceptors (Lipinski definition) is 6. The molecule has 0 spiro atoms. The summed E-state index contributed by atoms with van der Waals surface area (Å²) in [6.07, 6.45) is 1.92. The predicted molar refractivity (Wildman–Crippen MR) is 145 cm³/mol. The van der Waals surface area contributed by atoms with Crippen LogP contribution >= 0.6 is 0 Å². The molecule has 0 saturated heterocycles. The Kier molecular flexibility index (Phi) is 4.70. The van der Waals surface area contributed by atoms with Crippen molar-refractivity contribution >= 4 is 33.5 Å². The van der Waals surface area contributed by atoms with Gasteiger partial charge in [-0.25, -0.2) is 0 Å². The first-order valence-electron chi connectivity index (χ1n) is 12.3. The third-order valence-corrected chi connectivity index (χ3v) is 6.83. The van der Waals surface area contributed by atoms with Crippen LogP contribution in [0.1, 0.15) is 25.2 Å². The van der Waals surface area contributed by atoms with Crippen LogP contribution in [0.5, 0.6) is 0 Å². The maximum Gasteiger partial charge on any atom is 0.170 e. The van der Waals surface area contributed by atoms with Gasteiger partial charge in [0.05, 0.1) is 24.5 Å². The fourth-order valence-corrected chi connectivity index (χ4v) is 4.89. The van der Waals surface area contributed by atoms with Gasteiger partial charge in [0, 0.05) is 45.7 Å². The highest BCUT2D eigenvalue weighted by atomic mass is 16.3. The third kappa shape index (κ3) is 3.64. The Bertz CT molecular complexity index is 1630. The number of aromatic amines is 1. The van der Waals surface area contributed by atoms with Crippen molar-refractivity contribution in [3.63, 3.8) is 0 Å². The number of benzene rings is 2. The average Bonchev–Trinajstić information content (AvgIpc) is 3.69. The van der Waals surface area contributed by atoms with Crippen LogP contribution in [0.3, 0.4) is 0 Å². The molecule has 7 nitrogen and oxygen atoms in total. The first-order chi connectivity index (χ1) is 17.6. The molecule has 2 aromatic carbocycles. The lowest BCUT2D eigenvalue weighted by Gasteiger charge is -2.05. The fourth-order valence-electron chi connectivity index (χ4n) is 4.89. The predicted octanol–water partition coefficient (Wildman–Crippen LogP) is 5.12. The van der Waals surface area contributed by atoms with E-state index in [1.54, 1.807) is 0 Å². The lowest BCUT2D eigenvalue weighted by Crippen LogP contribution is -2.27. The largest absolute Gasteiger partial charge is 0.453 e. The first kappa shape index (κ1) is 20.9. The summed E-state index contributed by atoms with van der Waals surface area (Å²) >= 11 is 0. The van der Waals surface area contributed by atoms with Crippen molar-refractivity contribution in [2.75, 3.05) is 13.1 Å². The fraction of sp³-hybridized carbons (Fsp3) is 0.207. The summed E-state index contributed by atoms with van der Waals surface area (Å²) < 4.78 is 6.11. The Balaban J connectivity index is 1.15. The molecule has 2 aliphatic heterocycles. The van der Waals surface area contributed by atoms with Gasteiger partial charge in [0.15, 0.2) is 11.6 Å². The summed E-state index contributed by atoms with van der Waals surface area (Å²) in [4.78, 5) is 17.4. The van der Waals surface area contributed by atoms with Gasteiger partial charge in [-0.05, 0) is 49.7 Å². The molecule has 0 unspecified atom stereocenters. The van der Waals surface area contributed by atoms with Crippen molar-refractivity contribution in [2.24, 2.45) is 9.98 Å². The van der Waals surface area contributed by atoms with Gasteiger partial charge in [0.2, 0.25) is 0 Å². The number of rotatable bonds is 4. The summed E-state index contributed by atoms with van der Waals surface area (Å²) in [6.45, 7) is 5.85. The Hall–Kier alpha value is -4.39. The number of furan rings is 1. The minimum absolute atomic E-state index is 0.343. The number of H-pyrrole nitrogens is 1. The Morgan fingerprint density at radius 2 is 1.50 bits per heavy atom. The van der Waals surface area contributed by atoms with Gasteiger partial charge < -0.3 is 20.0 Å². The van der Waals surface area contributed by atoms with Crippen molar-refractivity contribution in [1.29, 1.82) is 0 Å². The monoisotopic (exact) mass is 474 g/mol. The number of hydrogen-bond donors (Lipinski definition) is 3. The Morgan fingerprint density at radius 3 is 2.25 bits per heavy atom. The van der Waals surface area contributed by atoms with Crippen LogP contribution in [0.15, 0.2) is 81.3 Å². The number of amidine groups is 2. The molecule has 0 amide bonds. The molecule has 0 bridgehead atoms. The summed E-state index contributed by atoms with van der Waals surface area (Å²) in [5.41, 5.74) is 7.03. The summed E-state index contributed by atoms with van der Waals surface area (Å²) in [5.74, 6) is 2.58. The Labute approximate surface area is 208 Å². The zero-order valence-corrected chi connectivity index (χ0v) is 20.2. The highest BCUT2D eigenvalue weighted by Crippen LogP contribution is 2.29. The van der Waals surface area contributed by atoms with Crippen LogP contribution in [0, 0.1) is 0 Å². The quantitative estimate of drug-likeness (QED) is 0.337. The SMILES string of the molecule is C[C@@H]1CN=C(c2ccc3cc(-c4ccc(-c5ccc6cc(C7=NC[C@@H](C)N7)oc6c5)cn4)[nH]c3c2)N1. The van der Waals surface area contributed by atoms with Gasteiger partial charge in [0.1, 0.15) is 11.4 Å². The molecule has 3 aromatic heterocycles. The summed E-state index contributed by atoms with van der Waals surface area (Å²) in [6, 6.07) is 21.7. The molecule has 0 radical (unpaired) electrons. The van der Waals surface area contributed by atoms with E-state index in [2.05, 4.69) is 94.0 Å². The number of nitrogens with one attached hydrogen (secondary N) is 3. The normalized spacial score (nSPS) is 19.4. The standard InChI is InChI=1S/C29H26N6O/c1-16-13-31-28(33-16)21-6-4-19-9-25(35-24(19)10-21)23-8-7-22(15-30-23)18-3-5-20-12-27(36-26(20)11-18)29-32-14-17(2)34-29/h3-12,15-17,35H,13-14H2,1-2H3,(H,31,33)(H,32,34)/t16-,17-/m1/s1. The molecule has 7 rings (SSSR count). The average molecular weight is 475 g/mol. The van der Waals surface area contributed by atoms with Crippen LogP contribution < -0.4 is 10.6 Å². The molecule has 7 heteroatoms. The lowest BCUT2D eigenvalue weighted by molar-refractivity contribution is 0.599. The van der Waals surface area contributed by atoms with E-state index in [0.717, 1.165) is 80.5 Å². The zero-order valence-electron chi connectivity index (χ0n) is 20.2. The smallest absolute Gasteiger partial charge is 0.170 e. The number of pyridine rings is 1. The van der Waals surface area contributed by atoms with Gasteiger partial charge >= 0.3 is 0 Å². The second-order valence-corrected chi connectivity index (χ2v) is 9.75. The third-order valence-electron chi connectivity index (χ3n) is 6.83.